The van der Waals surface area contributed by atoms with Crippen LogP contribution in [0.5, 0.6) is 0 Å². The topological polar surface area (TPSA) is 13.0 Å². The zero-order chi connectivity index (χ0) is 19.6. The molecule has 0 radical (unpaired) electrons. The Morgan fingerprint density at radius 3 is 0.923 bits per heavy atom. The molecule has 0 aromatic heterocycles. The highest BCUT2D eigenvalue weighted by Gasteiger charge is 2.17. The van der Waals surface area contributed by atoms with E-state index in [9.17, 15) is 0 Å². The minimum absolute atomic E-state index is 0.969. The average Bonchev–Trinajstić information content (AvgIpc) is 2.59. The Hall–Kier alpha value is -1.64. The molecule has 0 fully saturated rings. The third kappa shape index (κ3) is 4.75. The molecule has 0 saturated carbocycles. The van der Waals surface area contributed by atoms with Gasteiger partial charge in [-0.15, -0.1) is 0 Å². The van der Waals surface area contributed by atoms with Crippen LogP contribution in [0, 0.1) is 0 Å². The van der Waals surface area contributed by atoms with Crippen LogP contribution in [-0.4, -0.2) is 56.4 Å². The van der Waals surface area contributed by atoms with Crippen LogP contribution in [0.3, 0.4) is 0 Å². The predicted octanol–water partition coefficient (Wildman–Crippen LogP) is 3.54. The number of benzene rings is 2. The molecule has 0 heterocycles. The Morgan fingerprint density at radius 2 is 0.731 bits per heavy atom. The molecule has 2 rings (SSSR count). The highest BCUT2D eigenvalue weighted by atomic mass is 35.7. The van der Waals surface area contributed by atoms with Gasteiger partial charge in [0.2, 0.25) is 0 Å². The van der Waals surface area contributed by atoms with Crippen LogP contribution in [0.1, 0.15) is 0 Å². The normalized spacial score (nSPS) is 10.8. The minimum Gasteiger partial charge on any atom is -0.378 e. The van der Waals surface area contributed by atoms with E-state index in [1.165, 1.54) is 0 Å². The van der Waals surface area contributed by atoms with Crippen LogP contribution in [0.4, 0.5) is 22.7 Å². The third-order valence-corrected chi connectivity index (χ3v) is 6.89. The van der Waals surface area contributed by atoms with E-state index in [0.717, 1.165) is 33.4 Å². The van der Waals surface area contributed by atoms with Crippen molar-refractivity contribution in [2.75, 3.05) is 76.0 Å². The minimum atomic E-state index is -0.969. The Kier molecular flexibility index (Phi) is 6.65. The molecule has 0 N–H and O–H groups in total. The fourth-order valence-corrected chi connectivity index (χ4v) is 4.43. The van der Waals surface area contributed by atoms with E-state index in [4.69, 9.17) is 11.2 Å². The van der Waals surface area contributed by atoms with Crippen molar-refractivity contribution in [3.8, 4) is 0 Å². The Balaban J connectivity index is 2.56. The van der Waals surface area contributed by atoms with Crippen molar-refractivity contribution >= 4 is 51.9 Å². The molecule has 0 unspecified atom stereocenters. The van der Waals surface area contributed by atoms with Crippen LogP contribution < -0.4 is 30.2 Å². The molecule has 142 valence electrons. The maximum atomic E-state index is 7.03. The summed E-state index contributed by atoms with van der Waals surface area (Å²) in [6.07, 6.45) is 0. The second-order valence-electron chi connectivity index (χ2n) is 7.27. The van der Waals surface area contributed by atoms with Crippen LogP contribution in [0.25, 0.3) is 0 Å². The van der Waals surface area contributed by atoms with E-state index in [2.05, 4.69) is 112 Å². The quantitative estimate of drug-likeness (QED) is 0.697. The Labute approximate surface area is 164 Å². The molecular formula is C20H30ClN4P. The van der Waals surface area contributed by atoms with Gasteiger partial charge in [-0.1, -0.05) is 11.2 Å². The van der Waals surface area contributed by atoms with Gasteiger partial charge in [0, 0.05) is 79.1 Å². The van der Waals surface area contributed by atoms with Gasteiger partial charge in [-0.2, -0.15) is 0 Å². The van der Waals surface area contributed by atoms with E-state index in [1.54, 1.807) is 0 Å². The molecular weight excluding hydrogens is 363 g/mol. The number of hydrogen-bond acceptors (Lipinski definition) is 4. The van der Waals surface area contributed by atoms with Crippen molar-refractivity contribution in [2.24, 2.45) is 0 Å². The van der Waals surface area contributed by atoms with Crippen LogP contribution in [0.15, 0.2) is 36.4 Å². The summed E-state index contributed by atoms with van der Waals surface area (Å²) in [5, 5.41) is 2.33. The van der Waals surface area contributed by atoms with E-state index < -0.39 is 7.27 Å². The van der Waals surface area contributed by atoms with E-state index in [0.29, 0.717) is 0 Å². The lowest BCUT2D eigenvalue weighted by Crippen LogP contribution is -2.19. The first kappa shape index (κ1) is 20.7. The van der Waals surface area contributed by atoms with Gasteiger partial charge in [-0.25, -0.2) is 0 Å². The van der Waals surface area contributed by atoms with Crippen molar-refractivity contribution in [1.82, 2.24) is 0 Å². The van der Waals surface area contributed by atoms with Crippen molar-refractivity contribution in [3.05, 3.63) is 36.4 Å². The van der Waals surface area contributed by atoms with Gasteiger partial charge in [-0.3, -0.25) is 0 Å². The highest BCUT2D eigenvalue weighted by molar-refractivity contribution is 7.95. The molecule has 0 aliphatic carbocycles. The van der Waals surface area contributed by atoms with Crippen LogP contribution in [-0.2, 0) is 0 Å². The molecule has 0 aliphatic rings. The monoisotopic (exact) mass is 392 g/mol. The molecule has 2 aromatic carbocycles. The van der Waals surface area contributed by atoms with E-state index in [-0.39, 0.29) is 0 Å². The summed E-state index contributed by atoms with van der Waals surface area (Å²) in [6, 6.07) is 13.2. The Morgan fingerprint density at radius 1 is 0.500 bits per heavy atom. The second kappa shape index (κ2) is 8.37. The maximum Gasteiger partial charge on any atom is 0.0527 e. The number of halogens is 1. The van der Waals surface area contributed by atoms with E-state index in [1.807, 2.05) is 0 Å². The van der Waals surface area contributed by atoms with Crippen molar-refractivity contribution in [2.45, 2.75) is 0 Å². The van der Waals surface area contributed by atoms with Crippen LogP contribution in [0.2, 0.25) is 0 Å². The lowest BCUT2D eigenvalue weighted by molar-refractivity contribution is 1.10. The highest BCUT2D eigenvalue weighted by Crippen LogP contribution is 2.42. The first-order chi connectivity index (χ1) is 12.1. The zero-order valence-electron chi connectivity index (χ0n) is 17.1. The molecule has 0 amide bonds. The predicted molar refractivity (Wildman–Crippen MR) is 122 cm³/mol. The first-order valence-electron chi connectivity index (χ1n) is 8.55. The second-order valence-corrected chi connectivity index (χ2v) is 9.88. The molecule has 0 spiro atoms. The number of anilines is 4. The molecule has 0 bridgehead atoms. The smallest absolute Gasteiger partial charge is 0.0527 e. The molecule has 26 heavy (non-hydrogen) atoms. The van der Waals surface area contributed by atoms with Crippen molar-refractivity contribution in [1.29, 1.82) is 0 Å². The van der Waals surface area contributed by atoms with Gasteiger partial charge >= 0.3 is 0 Å². The van der Waals surface area contributed by atoms with E-state index >= 15 is 0 Å². The van der Waals surface area contributed by atoms with Gasteiger partial charge < -0.3 is 19.6 Å². The molecule has 0 atom stereocenters. The van der Waals surface area contributed by atoms with Gasteiger partial charge in [-0.05, 0) is 47.0 Å². The van der Waals surface area contributed by atoms with Gasteiger partial charge in [0.1, 0.15) is 0 Å². The lowest BCUT2D eigenvalue weighted by atomic mass is 10.2. The first-order valence-corrected chi connectivity index (χ1v) is 10.8. The third-order valence-electron chi connectivity index (χ3n) is 4.29. The molecule has 4 nitrogen and oxygen atoms in total. The fraction of sp³-hybridized carbons (Fsp3) is 0.400. The lowest BCUT2D eigenvalue weighted by Gasteiger charge is -2.24. The summed E-state index contributed by atoms with van der Waals surface area (Å²) in [6.45, 7) is 0. The SMILES string of the molecule is CN(C)c1cc(N(C)C)cc(P(Cl)c2cc(N(C)C)cc(N(C)C)c2)c1. The zero-order valence-corrected chi connectivity index (χ0v) is 18.7. The van der Waals surface area contributed by atoms with Gasteiger partial charge in [0.25, 0.3) is 0 Å². The van der Waals surface area contributed by atoms with Crippen molar-refractivity contribution in [3.63, 3.8) is 0 Å². The summed E-state index contributed by atoms with van der Waals surface area (Å²) in [4.78, 5) is 8.49. The van der Waals surface area contributed by atoms with Gasteiger partial charge in [0.15, 0.2) is 0 Å². The summed E-state index contributed by atoms with van der Waals surface area (Å²) in [7, 11) is 15.5. The molecule has 6 heteroatoms. The largest absolute Gasteiger partial charge is 0.378 e. The summed E-state index contributed by atoms with van der Waals surface area (Å²) < 4.78 is 0. The summed E-state index contributed by atoms with van der Waals surface area (Å²) in [5.74, 6) is 0. The Bertz CT molecular complexity index is 643. The summed E-state index contributed by atoms with van der Waals surface area (Å²) >= 11 is 7.03. The molecule has 0 aliphatic heterocycles. The number of hydrogen-bond donors (Lipinski definition) is 0. The standard InChI is InChI=1S/C20H30ClN4P/c1-22(2)15-9-16(23(3)4)12-19(11-15)26(21)20-13-17(24(5)6)10-18(14-20)25(7)8/h9-14H,1-8H3. The summed E-state index contributed by atoms with van der Waals surface area (Å²) in [5.41, 5.74) is 4.65. The molecule has 2 aromatic rings. The number of nitrogens with zero attached hydrogens (tertiary/aromatic N) is 4. The molecule has 0 saturated heterocycles. The number of rotatable bonds is 6. The average molecular weight is 393 g/mol. The van der Waals surface area contributed by atoms with Gasteiger partial charge in [0.05, 0.1) is 7.27 Å². The maximum absolute atomic E-state index is 7.03. The van der Waals surface area contributed by atoms with Crippen LogP contribution >= 0.6 is 18.5 Å². The van der Waals surface area contributed by atoms with Crippen molar-refractivity contribution < 1.29 is 0 Å². The fourth-order valence-electron chi connectivity index (χ4n) is 2.57.